The van der Waals surface area contributed by atoms with Gasteiger partial charge in [0.15, 0.2) is 0 Å². The lowest BCUT2D eigenvalue weighted by molar-refractivity contribution is -0.133. The van der Waals surface area contributed by atoms with Crippen LogP contribution in [0, 0.1) is 5.92 Å². The minimum atomic E-state index is -0.973. The predicted octanol–water partition coefficient (Wildman–Crippen LogP) is 3.68. The van der Waals surface area contributed by atoms with Gasteiger partial charge in [0.05, 0.1) is 10.7 Å². The third-order valence-corrected chi connectivity index (χ3v) is 4.62. The third-order valence-electron chi connectivity index (χ3n) is 4.07. The summed E-state index contributed by atoms with van der Waals surface area (Å²) < 4.78 is 0. The maximum atomic E-state index is 12.6. The Bertz CT molecular complexity index is 708. The number of hydrogen-bond acceptors (Lipinski definition) is 3. The number of imide groups is 1. The number of carbonyl (C=O) groups is 3. The summed E-state index contributed by atoms with van der Waals surface area (Å²) in [5.41, 5.74) is -0.606. The quantitative estimate of drug-likeness (QED) is 0.733. The van der Waals surface area contributed by atoms with E-state index in [1.165, 1.54) is 6.07 Å². The molecule has 0 bridgehead atoms. The van der Waals surface area contributed by atoms with Crippen molar-refractivity contribution in [2.24, 2.45) is 5.92 Å². The number of halogens is 2. The minimum Gasteiger partial charge on any atom is -0.323 e. The fourth-order valence-electron chi connectivity index (χ4n) is 2.56. The van der Waals surface area contributed by atoms with Gasteiger partial charge in [-0.15, -0.1) is 0 Å². The number of benzene rings is 1. The van der Waals surface area contributed by atoms with Crippen LogP contribution in [-0.4, -0.2) is 34.8 Å². The predicted molar refractivity (Wildman–Crippen MR) is 97.8 cm³/mol. The molecule has 0 aliphatic carbocycles. The van der Waals surface area contributed by atoms with E-state index in [4.69, 9.17) is 23.2 Å². The summed E-state index contributed by atoms with van der Waals surface area (Å²) >= 11 is 11.8. The fraction of sp³-hybridized carbons (Fsp3) is 0.471. The van der Waals surface area contributed by atoms with Crippen LogP contribution in [0.15, 0.2) is 18.2 Å². The van der Waals surface area contributed by atoms with Crippen LogP contribution in [0.4, 0.5) is 10.5 Å². The van der Waals surface area contributed by atoms with Gasteiger partial charge in [-0.25, -0.2) is 4.79 Å². The summed E-state index contributed by atoms with van der Waals surface area (Å²) in [5, 5.41) is 5.99. The Kier molecular flexibility index (Phi) is 5.95. The lowest BCUT2D eigenvalue weighted by atomic mass is 9.92. The van der Waals surface area contributed by atoms with E-state index in [-0.39, 0.29) is 11.6 Å². The molecule has 2 N–H and O–H groups in total. The van der Waals surface area contributed by atoms with Gasteiger partial charge in [0.2, 0.25) is 5.91 Å². The summed E-state index contributed by atoms with van der Waals surface area (Å²) in [6.45, 7) is 5.40. The largest absolute Gasteiger partial charge is 0.325 e. The molecule has 2 rings (SSSR count). The Hall–Kier alpha value is -1.79. The number of rotatable bonds is 6. The van der Waals surface area contributed by atoms with E-state index < -0.39 is 23.4 Å². The topological polar surface area (TPSA) is 78.5 Å². The normalized spacial score (nSPS) is 20.2. The maximum Gasteiger partial charge on any atom is 0.325 e. The average molecular weight is 386 g/mol. The van der Waals surface area contributed by atoms with Crippen LogP contribution in [0.2, 0.25) is 10.0 Å². The van der Waals surface area contributed by atoms with E-state index in [0.29, 0.717) is 23.0 Å². The highest BCUT2D eigenvalue weighted by Gasteiger charge is 2.47. The minimum absolute atomic E-state index is 0.278. The molecule has 1 atom stereocenters. The number of carbonyl (C=O) groups excluding carboxylic acids is 3. The molecule has 25 heavy (non-hydrogen) atoms. The fourth-order valence-corrected chi connectivity index (χ4v) is 3.02. The summed E-state index contributed by atoms with van der Waals surface area (Å²) in [7, 11) is 0. The zero-order chi connectivity index (χ0) is 18.8. The first kappa shape index (κ1) is 19.5. The summed E-state index contributed by atoms with van der Waals surface area (Å²) in [6.07, 6.45) is 1.32. The monoisotopic (exact) mass is 385 g/mol. The average Bonchev–Trinajstić information content (AvgIpc) is 2.72. The smallest absolute Gasteiger partial charge is 0.323 e. The van der Waals surface area contributed by atoms with Gasteiger partial charge in [0.1, 0.15) is 12.1 Å². The van der Waals surface area contributed by atoms with Crippen molar-refractivity contribution in [3.63, 3.8) is 0 Å². The van der Waals surface area contributed by atoms with Crippen molar-refractivity contribution in [1.82, 2.24) is 10.2 Å². The molecule has 0 unspecified atom stereocenters. The molecular weight excluding hydrogens is 365 g/mol. The van der Waals surface area contributed by atoms with Gasteiger partial charge in [-0.05, 0) is 43.9 Å². The van der Waals surface area contributed by atoms with Gasteiger partial charge in [0.25, 0.3) is 5.91 Å². The molecule has 1 heterocycles. The van der Waals surface area contributed by atoms with E-state index in [2.05, 4.69) is 10.6 Å². The summed E-state index contributed by atoms with van der Waals surface area (Å²) in [6, 6.07) is 4.07. The van der Waals surface area contributed by atoms with Gasteiger partial charge < -0.3 is 10.6 Å². The number of amides is 4. The standard InChI is InChI=1S/C17H21Cl2N3O3/c1-10(2)6-7-17(3)15(24)22(16(25)21-17)9-14(23)20-13-5-4-11(18)8-12(13)19/h4-5,8,10H,6-7,9H2,1-3H3,(H,20,23)(H,21,25)/t17-/m1/s1. The van der Waals surface area contributed by atoms with Crippen molar-refractivity contribution >= 4 is 46.7 Å². The Balaban J connectivity index is 2.03. The van der Waals surface area contributed by atoms with Gasteiger partial charge in [-0.3, -0.25) is 14.5 Å². The lowest BCUT2D eigenvalue weighted by Crippen LogP contribution is -2.44. The van der Waals surface area contributed by atoms with Crippen LogP contribution in [-0.2, 0) is 9.59 Å². The number of anilines is 1. The SMILES string of the molecule is CC(C)CC[C@@]1(C)NC(=O)N(CC(=O)Nc2ccc(Cl)cc2Cl)C1=O. The third kappa shape index (κ3) is 4.64. The maximum absolute atomic E-state index is 12.6. The van der Waals surface area contributed by atoms with Crippen molar-refractivity contribution in [3.8, 4) is 0 Å². The molecule has 1 aliphatic rings. The highest BCUT2D eigenvalue weighted by molar-refractivity contribution is 6.36. The van der Waals surface area contributed by atoms with Crippen molar-refractivity contribution in [2.45, 2.75) is 39.2 Å². The molecular formula is C17H21Cl2N3O3. The summed E-state index contributed by atoms with van der Waals surface area (Å²) in [4.78, 5) is 37.8. The zero-order valence-electron chi connectivity index (χ0n) is 14.4. The van der Waals surface area contributed by atoms with Crippen molar-refractivity contribution in [3.05, 3.63) is 28.2 Å². The van der Waals surface area contributed by atoms with Crippen LogP contribution in [0.25, 0.3) is 0 Å². The molecule has 8 heteroatoms. The van der Waals surface area contributed by atoms with Gasteiger partial charge >= 0.3 is 6.03 Å². The molecule has 0 radical (unpaired) electrons. The number of nitrogens with zero attached hydrogens (tertiary/aromatic N) is 1. The van der Waals surface area contributed by atoms with Crippen LogP contribution >= 0.6 is 23.2 Å². The van der Waals surface area contributed by atoms with Crippen LogP contribution in [0.1, 0.15) is 33.6 Å². The molecule has 1 aromatic rings. The van der Waals surface area contributed by atoms with Crippen molar-refractivity contribution < 1.29 is 14.4 Å². The molecule has 1 saturated heterocycles. The Morgan fingerprint density at radius 2 is 2.00 bits per heavy atom. The van der Waals surface area contributed by atoms with Crippen LogP contribution in [0.5, 0.6) is 0 Å². The lowest BCUT2D eigenvalue weighted by Gasteiger charge is -2.22. The molecule has 0 spiro atoms. The first-order chi connectivity index (χ1) is 11.6. The molecule has 136 valence electrons. The molecule has 6 nitrogen and oxygen atoms in total. The molecule has 0 saturated carbocycles. The first-order valence-electron chi connectivity index (χ1n) is 8.01. The van der Waals surface area contributed by atoms with Gasteiger partial charge in [-0.1, -0.05) is 37.0 Å². The van der Waals surface area contributed by atoms with E-state index in [1.807, 2.05) is 13.8 Å². The number of urea groups is 1. The second-order valence-electron chi connectivity index (χ2n) is 6.76. The molecule has 1 fully saturated rings. The van der Waals surface area contributed by atoms with Crippen molar-refractivity contribution in [1.29, 1.82) is 0 Å². The van der Waals surface area contributed by atoms with Gasteiger partial charge in [-0.2, -0.15) is 0 Å². The molecule has 0 aromatic heterocycles. The highest BCUT2D eigenvalue weighted by atomic mass is 35.5. The first-order valence-corrected chi connectivity index (χ1v) is 8.77. The van der Waals surface area contributed by atoms with Crippen LogP contribution < -0.4 is 10.6 Å². The van der Waals surface area contributed by atoms with E-state index in [1.54, 1.807) is 19.1 Å². The Morgan fingerprint density at radius 3 is 2.60 bits per heavy atom. The van der Waals surface area contributed by atoms with E-state index in [0.717, 1.165) is 11.3 Å². The highest BCUT2D eigenvalue weighted by Crippen LogP contribution is 2.27. The Morgan fingerprint density at radius 1 is 1.32 bits per heavy atom. The second kappa shape index (κ2) is 7.62. The zero-order valence-corrected chi connectivity index (χ0v) is 15.9. The molecule has 1 aliphatic heterocycles. The van der Waals surface area contributed by atoms with E-state index in [9.17, 15) is 14.4 Å². The number of hydrogen-bond donors (Lipinski definition) is 2. The van der Waals surface area contributed by atoms with Crippen LogP contribution in [0.3, 0.4) is 0 Å². The molecule has 1 aromatic carbocycles. The molecule has 4 amide bonds. The number of nitrogens with one attached hydrogen (secondary N) is 2. The van der Waals surface area contributed by atoms with Crippen molar-refractivity contribution in [2.75, 3.05) is 11.9 Å². The van der Waals surface area contributed by atoms with Gasteiger partial charge in [0, 0.05) is 5.02 Å². The second-order valence-corrected chi connectivity index (χ2v) is 7.60. The Labute approximate surface area is 156 Å². The van der Waals surface area contributed by atoms with E-state index >= 15 is 0 Å². The summed E-state index contributed by atoms with van der Waals surface area (Å²) in [5.74, 6) is -0.498.